The molecule has 6 heteroatoms. The van der Waals surface area contributed by atoms with Crippen LogP contribution in [0.4, 0.5) is 5.95 Å². The van der Waals surface area contributed by atoms with Crippen molar-refractivity contribution in [3.8, 4) is 0 Å². The molecule has 0 aliphatic carbocycles. The van der Waals surface area contributed by atoms with Gasteiger partial charge in [0.15, 0.2) is 0 Å². The number of nitrogens with zero attached hydrogens (tertiary/aromatic N) is 3. The predicted molar refractivity (Wildman–Crippen MR) is 76.6 cm³/mol. The Hall–Kier alpha value is -1.69. The first kappa shape index (κ1) is 15.4. The van der Waals surface area contributed by atoms with Gasteiger partial charge in [0.05, 0.1) is 6.61 Å². The van der Waals surface area contributed by atoms with Crippen LogP contribution < -0.4 is 10.6 Å². The van der Waals surface area contributed by atoms with Crippen molar-refractivity contribution < 1.29 is 4.74 Å². The summed E-state index contributed by atoms with van der Waals surface area (Å²) in [6.07, 6.45) is 3.66. The minimum atomic E-state index is -0.0418. The van der Waals surface area contributed by atoms with Crippen LogP contribution in [0, 0.1) is 5.41 Å². The number of aromatic nitrogens is 2. The van der Waals surface area contributed by atoms with Gasteiger partial charge in [0, 0.05) is 25.9 Å². The minimum Gasteiger partial charge on any atom is -0.383 e. The van der Waals surface area contributed by atoms with E-state index in [9.17, 15) is 0 Å². The summed E-state index contributed by atoms with van der Waals surface area (Å²) in [5.41, 5.74) is 5.93. The lowest BCUT2D eigenvalue weighted by Gasteiger charge is -2.30. The number of nitrogens with two attached hydrogens (primary N) is 1. The Labute approximate surface area is 114 Å². The average molecular weight is 265 g/mol. The number of amidine groups is 1. The van der Waals surface area contributed by atoms with Gasteiger partial charge in [-0.25, -0.2) is 9.97 Å². The number of ether oxygens (including phenoxy) is 1. The molecule has 0 bridgehead atoms. The maximum absolute atomic E-state index is 7.45. The molecule has 0 fully saturated rings. The summed E-state index contributed by atoms with van der Waals surface area (Å²) in [6, 6.07) is 2.00. The van der Waals surface area contributed by atoms with Crippen LogP contribution in [0.5, 0.6) is 0 Å². The molecule has 0 aromatic carbocycles. The average Bonchev–Trinajstić information content (AvgIpc) is 2.43. The Morgan fingerprint density at radius 3 is 2.68 bits per heavy atom. The van der Waals surface area contributed by atoms with E-state index in [0.29, 0.717) is 24.3 Å². The molecule has 3 N–H and O–H groups in total. The van der Waals surface area contributed by atoms with Gasteiger partial charge in [0.2, 0.25) is 5.95 Å². The Balaban J connectivity index is 3.01. The molecule has 0 aliphatic rings. The molecule has 0 amide bonds. The third-order valence-electron chi connectivity index (χ3n) is 3.10. The Kier molecular flexibility index (Phi) is 6.21. The fraction of sp³-hybridized carbons (Fsp3) is 0.615. The van der Waals surface area contributed by atoms with Crippen molar-refractivity contribution in [2.45, 2.75) is 32.7 Å². The first-order valence-electron chi connectivity index (χ1n) is 6.57. The molecule has 0 radical (unpaired) electrons. The highest BCUT2D eigenvalue weighted by molar-refractivity contribution is 5.93. The van der Waals surface area contributed by atoms with E-state index in [1.54, 1.807) is 19.4 Å². The van der Waals surface area contributed by atoms with E-state index in [4.69, 9.17) is 15.9 Å². The normalized spacial score (nSPS) is 10.7. The molecule has 19 heavy (non-hydrogen) atoms. The van der Waals surface area contributed by atoms with Crippen LogP contribution in [-0.2, 0) is 4.74 Å². The molecule has 1 rings (SSSR count). The van der Waals surface area contributed by atoms with Crippen LogP contribution in [0.3, 0.4) is 0 Å². The second-order valence-corrected chi connectivity index (χ2v) is 4.31. The maximum Gasteiger partial charge on any atom is 0.226 e. The van der Waals surface area contributed by atoms with Gasteiger partial charge >= 0.3 is 0 Å². The van der Waals surface area contributed by atoms with Crippen LogP contribution in [0.1, 0.15) is 32.4 Å². The zero-order valence-corrected chi connectivity index (χ0v) is 11.9. The van der Waals surface area contributed by atoms with Crippen molar-refractivity contribution in [1.82, 2.24) is 9.97 Å². The van der Waals surface area contributed by atoms with Gasteiger partial charge in [-0.05, 0) is 18.9 Å². The van der Waals surface area contributed by atoms with Gasteiger partial charge < -0.3 is 15.4 Å². The van der Waals surface area contributed by atoms with Gasteiger partial charge in [-0.2, -0.15) is 0 Å². The molecule has 6 nitrogen and oxygen atoms in total. The predicted octanol–water partition coefficient (Wildman–Crippen LogP) is 1.40. The molecule has 0 saturated heterocycles. The summed E-state index contributed by atoms with van der Waals surface area (Å²) in [5, 5.41) is 7.45. The Morgan fingerprint density at radius 2 is 2.16 bits per heavy atom. The largest absolute Gasteiger partial charge is 0.383 e. The molecule has 0 saturated carbocycles. The van der Waals surface area contributed by atoms with E-state index in [0.717, 1.165) is 19.4 Å². The number of rotatable bonds is 8. The van der Waals surface area contributed by atoms with Crippen LogP contribution >= 0.6 is 0 Å². The fourth-order valence-electron chi connectivity index (χ4n) is 2.00. The van der Waals surface area contributed by atoms with E-state index < -0.39 is 0 Å². The fourth-order valence-corrected chi connectivity index (χ4v) is 2.00. The van der Waals surface area contributed by atoms with Crippen molar-refractivity contribution in [1.29, 1.82) is 5.41 Å². The van der Waals surface area contributed by atoms with Gasteiger partial charge in [-0.3, -0.25) is 5.41 Å². The molecule has 0 spiro atoms. The summed E-state index contributed by atoms with van der Waals surface area (Å²) < 4.78 is 5.15. The topological polar surface area (TPSA) is 88.1 Å². The molecule has 106 valence electrons. The zero-order chi connectivity index (χ0) is 14.3. The van der Waals surface area contributed by atoms with Gasteiger partial charge in [-0.15, -0.1) is 0 Å². The Bertz CT molecular complexity index is 406. The molecule has 0 atom stereocenters. The van der Waals surface area contributed by atoms with Gasteiger partial charge in [0.1, 0.15) is 11.5 Å². The number of methoxy groups -OCH3 is 1. The number of hydrogen-bond donors (Lipinski definition) is 2. The molecule has 0 unspecified atom stereocenters. The monoisotopic (exact) mass is 265 g/mol. The molecule has 0 aliphatic heterocycles. The summed E-state index contributed by atoms with van der Waals surface area (Å²) in [6.45, 7) is 5.62. The second kappa shape index (κ2) is 7.68. The first-order chi connectivity index (χ1) is 9.13. The summed E-state index contributed by atoms with van der Waals surface area (Å²) in [4.78, 5) is 10.8. The number of hydrogen-bond acceptors (Lipinski definition) is 5. The molecule has 1 aromatic rings. The van der Waals surface area contributed by atoms with E-state index in [1.165, 1.54) is 0 Å². The van der Waals surface area contributed by atoms with Crippen molar-refractivity contribution >= 4 is 11.8 Å². The lowest BCUT2D eigenvalue weighted by molar-refractivity contribution is 0.202. The van der Waals surface area contributed by atoms with E-state index >= 15 is 0 Å². The second-order valence-electron chi connectivity index (χ2n) is 4.31. The first-order valence-corrected chi connectivity index (χ1v) is 6.57. The number of nitrogens with one attached hydrogen (secondary N) is 1. The minimum absolute atomic E-state index is 0.0418. The third-order valence-corrected chi connectivity index (χ3v) is 3.10. The summed E-state index contributed by atoms with van der Waals surface area (Å²) >= 11 is 0. The summed E-state index contributed by atoms with van der Waals surface area (Å²) in [7, 11) is 1.68. The third kappa shape index (κ3) is 4.17. The smallest absolute Gasteiger partial charge is 0.226 e. The lowest BCUT2D eigenvalue weighted by Crippen LogP contribution is -2.38. The Morgan fingerprint density at radius 1 is 1.47 bits per heavy atom. The van der Waals surface area contributed by atoms with Crippen molar-refractivity contribution in [3.05, 3.63) is 18.0 Å². The van der Waals surface area contributed by atoms with Crippen molar-refractivity contribution in [2.24, 2.45) is 5.73 Å². The highest BCUT2D eigenvalue weighted by Crippen LogP contribution is 2.16. The molecule has 1 aromatic heterocycles. The van der Waals surface area contributed by atoms with Crippen molar-refractivity contribution in [2.75, 3.05) is 25.2 Å². The van der Waals surface area contributed by atoms with Crippen LogP contribution in [0.25, 0.3) is 0 Å². The molecular formula is C13H23N5O. The number of nitrogen functional groups attached to an aromatic ring is 1. The zero-order valence-electron chi connectivity index (χ0n) is 11.9. The van der Waals surface area contributed by atoms with E-state index in [2.05, 4.69) is 28.7 Å². The van der Waals surface area contributed by atoms with Crippen LogP contribution in [-0.4, -0.2) is 42.1 Å². The SMILES string of the molecule is CCC(CC)N(CCOC)c1nccc(C(=N)N)n1. The van der Waals surface area contributed by atoms with Gasteiger partial charge in [-0.1, -0.05) is 13.8 Å². The quantitative estimate of drug-likeness (QED) is 0.548. The summed E-state index contributed by atoms with van der Waals surface area (Å²) in [5.74, 6) is 0.568. The maximum atomic E-state index is 7.45. The highest BCUT2D eigenvalue weighted by atomic mass is 16.5. The molecular weight excluding hydrogens is 242 g/mol. The van der Waals surface area contributed by atoms with Crippen molar-refractivity contribution in [3.63, 3.8) is 0 Å². The number of anilines is 1. The van der Waals surface area contributed by atoms with E-state index in [-0.39, 0.29) is 5.84 Å². The van der Waals surface area contributed by atoms with Crippen LogP contribution in [0.2, 0.25) is 0 Å². The van der Waals surface area contributed by atoms with E-state index in [1.807, 2.05) is 0 Å². The highest BCUT2D eigenvalue weighted by Gasteiger charge is 2.18. The van der Waals surface area contributed by atoms with Crippen LogP contribution in [0.15, 0.2) is 12.3 Å². The lowest BCUT2D eigenvalue weighted by atomic mass is 10.1. The standard InChI is InChI=1S/C13H23N5O/c1-4-10(5-2)18(8-9-19-3)13-16-7-6-11(17-13)12(14)15/h6-7,10H,4-5,8-9H2,1-3H3,(H3,14,15). The molecule has 1 heterocycles. The van der Waals surface area contributed by atoms with Gasteiger partial charge in [0.25, 0.3) is 0 Å².